The van der Waals surface area contributed by atoms with Gasteiger partial charge in [0, 0.05) is 16.7 Å². The Labute approximate surface area is 117 Å². The Hall–Kier alpha value is -1.42. The molecule has 0 spiro atoms. The highest BCUT2D eigenvalue weighted by Gasteiger charge is 2.22. The molecule has 0 aliphatic heterocycles. The van der Waals surface area contributed by atoms with Crippen molar-refractivity contribution in [1.29, 1.82) is 0 Å². The number of benzene rings is 1. The second kappa shape index (κ2) is 4.93. The van der Waals surface area contributed by atoms with Crippen LogP contribution in [0.15, 0.2) is 18.2 Å². The first kappa shape index (κ1) is 14.0. The van der Waals surface area contributed by atoms with Crippen LogP contribution in [0.4, 0.5) is 9.52 Å². The molecule has 2 nitrogen and oxygen atoms in total. The third-order valence-corrected chi connectivity index (χ3v) is 3.91. The minimum atomic E-state index is -0.160. The van der Waals surface area contributed by atoms with Crippen molar-refractivity contribution >= 4 is 16.5 Å². The molecule has 0 radical (unpaired) electrons. The Morgan fingerprint density at radius 2 is 2.00 bits per heavy atom. The second-order valence-corrected chi connectivity index (χ2v) is 6.95. The maximum atomic E-state index is 13.6. The number of nitrogens with two attached hydrogens (primary N) is 1. The Bertz CT molecular complexity index is 597. The van der Waals surface area contributed by atoms with Gasteiger partial charge in [0.25, 0.3) is 0 Å². The highest BCUT2D eigenvalue weighted by molar-refractivity contribution is 7.15. The zero-order valence-corrected chi connectivity index (χ0v) is 12.6. The van der Waals surface area contributed by atoms with E-state index in [1.54, 1.807) is 13.0 Å². The summed E-state index contributed by atoms with van der Waals surface area (Å²) in [7, 11) is 0. The number of thiazole rings is 1. The molecule has 1 heterocycles. The van der Waals surface area contributed by atoms with Gasteiger partial charge >= 0.3 is 0 Å². The number of halogens is 1. The van der Waals surface area contributed by atoms with Crippen molar-refractivity contribution in [2.75, 3.05) is 5.73 Å². The van der Waals surface area contributed by atoms with Crippen LogP contribution in [-0.4, -0.2) is 4.98 Å². The first-order chi connectivity index (χ1) is 8.77. The molecule has 0 amide bonds. The Morgan fingerprint density at radius 3 is 2.58 bits per heavy atom. The van der Waals surface area contributed by atoms with Crippen molar-refractivity contribution in [3.05, 3.63) is 45.7 Å². The third kappa shape index (κ3) is 3.13. The number of anilines is 1. The number of rotatable bonds is 2. The van der Waals surface area contributed by atoms with Crippen LogP contribution in [0.3, 0.4) is 0 Å². The van der Waals surface area contributed by atoms with Crippen LogP contribution in [0.1, 0.15) is 42.5 Å². The predicted octanol–water partition coefficient (Wildman–Crippen LogP) is 4.06. The van der Waals surface area contributed by atoms with E-state index in [4.69, 9.17) is 5.73 Å². The molecule has 0 saturated heterocycles. The number of hydrogen-bond donors (Lipinski definition) is 1. The Balaban J connectivity index is 2.35. The molecule has 2 aromatic rings. The molecule has 102 valence electrons. The largest absolute Gasteiger partial charge is 0.375 e. The highest BCUT2D eigenvalue weighted by atomic mass is 32.1. The molecule has 0 bridgehead atoms. The molecule has 19 heavy (non-hydrogen) atoms. The SMILES string of the molecule is Cc1ccc(Cc2sc(N)nc2C(C)(C)C)cc1F. The molecule has 2 N–H and O–H groups in total. The lowest BCUT2D eigenvalue weighted by molar-refractivity contribution is 0.568. The fraction of sp³-hybridized carbons (Fsp3) is 0.400. The van der Waals surface area contributed by atoms with Crippen molar-refractivity contribution in [3.8, 4) is 0 Å². The zero-order valence-electron chi connectivity index (χ0n) is 11.7. The molecular weight excluding hydrogens is 259 g/mol. The zero-order chi connectivity index (χ0) is 14.2. The fourth-order valence-electron chi connectivity index (χ4n) is 2.01. The number of hydrogen-bond acceptors (Lipinski definition) is 3. The van der Waals surface area contributed by atoms with E-state index in [9.17, 15) is 4.39 Å². The lowest BCUT2D eigenvalue weighted by Gasteiger charge is -2.17. The molecule has 0 aliphatic rings. The summed E-state index contributed by atoms with van der Waals surface area (Å²) in [5.74, 6) is -0.160. The maximum Gasteiger partial charge on any atom is 0.180 e. The first-order valence-corrected chi connectivity index (χ1v) is 7.09. The average Bonchev–Trinajstić information content (AvgIpc) is 2.65. The topological polar surface area (TPSA) is 38.9 Å². The van der Waals surface area contributed by atoms with E-state index in [1.807, 2.05) is 12.1 Å². The van der Waals surface area contributed by atoms with Gasteiger partial charge in [-0.25, -0.2) is 9.37 Å². The summed E-state index contributed by atoms with van der Waals surface area (Å²) in [5, 5.41) is 0.576. The van der Waals surface area contributed by atoms with E-state index in [0.29, 0.717) is 17.1 Å². The van der Waals surface area contributed by atoms with Crippen LogP contribution in [0.2, 0.25) is 0 Å². The summed E-state index contributed by atoms with van der Waals surface area (Å²) in [6.07, 6.45) is 0.679. The number of nitrogens with zero attached hydrogens (tertiary/aromatic N) is 1. The van der Waals surface area contributed by atoms with E-state index in [-0.39, 0.29) is 11.2 Å². The summed E-state index contributed by atoms with van der Waals surface area (Å²) in [6.45, 7) is 8.10. The Kier molecular flexibility index (Phi) is 3.63. The van der Waals surface area contributed by atoms with Crippen LogP contribution >= 0.6 is 11.3 Å². The highest BCUT2D eigenvalue weighted by Crippen LogP contribution is 2.32. The summed E-state index contributed by atoms with van der Waals surface area (Å²) in [5.41, 5.74) is 8.40. The maximum absolute atomic E-state index is 13.6. The van der Waals surface area contributed by atoms with Crippen LogP contribution in [-0.2, 0) is 11.8 Å². The van der Waals surface area contributed by atoms with Crippen LogP contribution in [0, 0.1) is 12.7 Å². The van der Waals surface area contributed by atoms with Gasteiger partial charge in [-0.3, -0.25) is 0 Å². The van der Waals surface area contributed by atoms with E-state index in [0.717, 1.165) is 16.1 Å². The molecule has 0 atom stereocenters. The Morgan fingerprint density at radius 1 is 1.32 bits per heavy atom. The lowest BCUT2D eigenvalue weighted by Crippen LogP contribution is -2.14. The van der Waals surface area contributed by atoms with E-state index >= 15 is 0 Å². The van der Waals surface area contributed by atoms with Crippen molar-refractivity contribution < 1.29 is 4.39 Å². The minimum Gasteiger partial charge on any atom is -0.375 e. The second-order valence-electron chi connectivity index (χ2n) is 5.83. The van der Waals surface area contributed by atoms with Crippen LogP contribution < -0.4 is 5.73 Å². The molecule has 0 saturated carbocycles. The molecular formula is C15H19FN2S. The van der Waals surface area contributed by atoms with Gasteiger partial charge in [-0.15, -0.1) is 11.3 Å². The van der Waals surface area contributed by atoms with Gasteiger partial charge in [0.2, 0.25) is 0 Å². The average molecular weight is 278 g/mol. The number of aryl methyl sites for hydroxylation is 1. The molecule has 0 unspecified atom stereocenters. The lowest BCUT2D eigenvalue weighted by atomic mass is 9.90. The molecule has 1 aromatic carbocycles. The predicted molar refractivity (Wildman–Crippen MR) is 79.2 cm³/mol. The quantitative estimate of drug-likeness (QED) is 0.899. The third-order valence-electron chi connectivity index (χ3n) is 3.03. The summed E-state index contributed by atoms with van der Waals surface area (Å²) in [6, 6.07) is 5.37. The number of nitrogen functional groups attached to an aromatic ring is 1. The number of aromatic nitrogens is 1. The van der Waals surface area contributed by atoms with Crippen molar-refractivity contribution in [1.82, 2.24) is 4.98 Å². The van der Waals surface area contributed by atoms with Gasteiger partial charge < -0.3 is 5.73 Å². The molecule has 1 aromatic heterocycles. The van der Waals surface area contributed by atoms with Crippen LogP contribution in [0.5, 0.6) is 0 Å². The van der Waals surface area contributed by atoms with Crippen molar-refractivity contribution in [2.45, 2.75) is 39.5 Å². The van der Waals surface area contributed by atoms with Crippen LogP contribution in [0.25, 0.3) is 0 Å². The monoisotopic (exact) mass is 278 g/mol. The van der Waals surface area contributed by atoms with Crippen molar-refractivity contribution in [3.63, 3.8) is 0 Å². The van der Waals surface area contributed by atoms with E-state index < -0.39 is 0 Å². The van der Waals surface area contributed by atoms with Gasteiger partial charge in [0.1, 0.15) is 5.82 Å². The summed E-state index contributed by atoms with van der Waals surface area (Å²) >= 11 is 1.49. The summed E-state index contributed by atoms with van der Waals surface area (Å²) in [4.78, 5) is 5.54. The standard InChI is InChI=1S/C15H19FN2S/c1-9-5-6-10(7-11(9)16)8-12-13(15(2,3)4)18-14(17)19-12/h5-7H,8H2,1-4H3,(H2,17,18). The molecule has 2 rings (SSSR count). The molecule has 4 heteroatoms. The summed E-state index contributed by atoms with van der Waals surface area (Å²) < 4.78 is 13.6. The molecule has 0 aliphatic carbocycles. The first-order valence-electron chi connectivity index (χ1n) is 6.28. The minimum absolute atomic E-state index is 0.0489. The fourth-order valence-corrected chi connectivity index (χ4v) is 3.08. The normalized spacial score (nSPS) is 11.8. The molecule has 0 fully saturated rings. The van der Waals surface area contributed by atoms with Gasteiger partial charge in [-0.2, -0.15) is 0 Å². The van der Waals surface area contributed by atoms with Gasteiger partial charge in [0.15, 0.2) is 5.13 Å². The smallest absolute Gasteiger partial charge is 0.180 e. The van der Waals surface area contributed by atoms with Gasteiger partial charge in [-0.05, 0) is 24.1 Å². The van der Waals surface area contributed by atoms with Gasteiger partial charge in [-0.1, -0.05) is 32.9 Å². The van der Waals surface area contributed by atoms with Crippen molar-refractivity contribution in [2.24, 2.45) is 0 Å². The van der Waals surface area contributed by atoms with E-state index in [2.05, 4.69) is 25.8 Å². The van der Waals surface area contributed by atoms with Gasteiger partial charge in [0.05, 0.1) is 5.69 Å². The van der Waals surface area contributed by atoms with E-state index in [1.165, 1.54) is 11.3 Å².